The fourth-order valence-electron chi connectivity index (χ4n) is 3.00. The maximum Gasteiger partial charge on any atom is 0.344 e. The van der Waals surface area contributed by atoms with E-state index in [1.807, 2.05) is 30.3 Å². The Morgan fingerprint density at radius 2 is 1.87 bits per heavy atom. The summed E-state index contributed by atoms with van der Waals surface area (Å²) < 4.78 is 5.53. The van der Waals surface area contributed by atoms with Crippen LogP contribution in [-0.2, 0) is 16.0 Å². The van der Waals surface area contributed by atoms with Crippen molar-refractivity contribution in [1.29, 1.82) is 0 Å². The first-order valence-corrected chi connectivity index (χ1v) is 10.1. The van der Waals surface area contributed by atoms with Gasteiger partial charge >= 0.3 is 6.03 Å². The van der Waals surface area contributed by atoms with Gasteiger partial charge in [-0.2, -0.15) is 5.01 Å². The minimum Gasteiger partial charge on any atom is -0.481 e. The molecule has 2 aromatic rings. The van der Waals surface area contributed by atoms with E-state index in [0.29, 0.717) is 28.6 Å². The van der Waals surface area contributed by atoms with E-state index in [0.717, 1.165) is 5.56 Å². The van der Waals surface area contributed by atoms with Crippen LogP contribution in [0.3, 0.4) is 0 Å². The van der Waals surface area contributed by atoms with Crippen molar-refractivity contribution in [1.82, 2.24) is 15.8 Å². The topological polar surface area (TPSA) is 87.7 Å². The summed E-state index contributed by atoms with van der Waals surface area (Å²) in [5.41, 5.74) is 2.26. The lowest BCUT2D eigenvalue weighted by molar-refractivity contribution is -0.141. The molecule has 30 heavy (non-hydrogen) atoms. The summed E-state index contributed by atoms with van der Waals surface area (Å²) in [6, 6.07) is 13.5. The highest BCUT2D eigenvalue weighted by atomic mass is 35.5. The monoisotopic (exact) mass is 449 g/mol. The molecule has 1 heterocycles. The Labute approximate surface area is 184 Å². The molecule has 1 saturated heterocycles. The largest absolute Gasteiger partial charge is 0.481 e. The van der Waals surface area contributed by atoms with E-state index in [1.54, 1.807) is 19.1 Å². The van der Waals surface area contributed by atoms with Gasteiger partial charge < -0.3 is 10.1 Å². The number of rotatable bonds is 7. The molecule has 0 aliphatic carbocycles. The molecule has 2 N–H and O–H groups in total. The van der Waals surface area contributed by atoms with Crippen molar-refractivity contribution in [2.45, 2.75) is 38.3 Å². The van der Waals surface area contributed by atoms with Gasteiger partial charge in [0.25, 0.3) is 11.8 Å². The Balaban J connectivity index is 1.61. The molecule has 1 fully saturated rings. The Bertz CT molecular complexity index is 970. The first kappa shape index (κ1) is 21.9. The van der Waals surface area contributed by atoms with Crippen molar-refractivity contribution < 1.29 is 19.1 Å². The molecule has 7 nitrogen and oxygen atoms in total. The third kappa shape index (κ3) is 4.86. The van der Waals surface area contributed by atoms with Gasteiger partial charge in [0.2, 0.25) is 0 Å². The molecule has 0 saturated carbocycles. The van der Waals surface area contributed by atoms with Crippen molar-refractivity contribution in [2.24, 2.45) is 0 Å². The second kappa shape index (κ2) is 8.93. The number of hydrogen-bond donors (Lipinski definition) is 2. The Morgan fingerprint density at radius 1 is 1.17 bits per heavy atom. The van der Waals surface area contributed by atoms with Gasteiger partial charge in [-0.3, -0.25) is 15.0 Å². The molecule has 0 aromatic heterocycles. The number of imide groups is 1. The van der Waals surface area contributed by atoms with Gasteiger partial charge in [0, 0.05) is 6.07 Å². The molecule has 4 amide bonds. The normalized spacial score (nSPS) is 19.4. The lowest BCUT2D eigenvalue weighted by atomic mass is 9.93. The fourth-order valence-corrected chi connectivity index (χ4v) is 3.29. The van der Waals surface area contributed by atoms with E-state index in [2.05, 4.69) is 10.7 Å². The SMILES string of the molecule is CC(Oc1ccc(Cl)c(Cl)c1)C(=O)NN1C(=O)NC(C)(CCc2ccccc2)C1=O. The zero-order valence-electron chi connectivity index (χ0n) is 16.4. The average Bonchev–Trinajstić information content (AvgIpc) is 2.93. The predicted molar refractivity (Wildman–Crippen MR) is 113 cm³/mol. The van der Waals surface area contributed by atoms with Crippen LogP contribution in [0.2, 0.25) is 10.0 Å². The molecule has 0 spiro atoms. The summed E-state index contributed by atoms with van der Waals surface area (Å²) in [7, 11) is 0. The molecule has 2 atom stereocenters. The molecule has 1 aliphatic heterocycles. The summed E-state index contributed by atoms with van der Waals surface area (Å²) in [6.07, 6.45) is 0.00432. The van der Waals surface area contributed by atoms with Crippen LogP contribution in [0, 0.1) is 0 Å². The van der Waals surface area contributed by atoms with Gasteiger partial charge in [0.05, 0.1) is 10.0 Å². The van der Waals surface area contributed by atoms with E-state index in [9.17, 15) is 14.4 Å². The maximum atomic E-state index is 12.8. The molecule has 9 heteroatoms. The number of carbonyl (C=O) groups excluding carboxylic acids is 3. The van der Waals surface area contributed by atoms with Crippen LogP contribution < -0.4 is 15.5 Å². The first-order chi connectivity index (χ1) is 14.2. The maximum absolute atomic E-state index is 12.8. The summed E-state index contributed by atoms with van der Waals surface area (Å²) in [5.74, 6) is -0.854. The van der Waals surface area contributed by atoms with Crippen LogP contribution in [-0.4, -0.2) is 34.5 Å². The minimum atomic E-state index is -1.12. The van der Waals surface area contributed by atoms with Gasteiger partial charge in [0.15, 0.2) is 6.10 Å². The number of aryl methyl sites for hydroxylation is 1. The lowest BCUT2D eigenvalue weighted by Crippen LogP contribution is -2.52. The van der Waals surface area contributed by atoms with E-state index < -0.39 is 29.5 Å². The van der Waals surface area contributed by atoms with Crippen molar-refractivity contribution in [2.75, 3.05) is 0 Å². The quantitative estimate of drug-likeness (QED) is 0.630. The van der Waals surface area contributed by atoms with Gasteiger partial charge in [-0.25, -0.2) is 4.79 Å². The molecule has 2 unspecified atom stereocenters. The summed E-state index contributed by atoms with van der Waals surface area (Å²) in [4.78, 5) is 37.6. The highest BCUT2D eigenvalue weighted by Gasteiger charge is 2.48. The molecule has 158 valence electrons. The minimum absolute atomic E-state index is 0.282. The van der Waals surface area contributed by atoms with Crippen LogP contribution in [0.5, 0.6) is 5.75 Å². The molecule has 2 aromatic carbocycles. The number of nitrogens with one attached hydrogen (secondary N) is 2. The van der Waals surface area contributed by atoms with Crippen LogP contribution in [0.1, 0.15) is 25.8 Å². The highest BCUT2D eigenvalue weighted by Crippen LogP contribution is 2.27. The Hall–Kier alpha value is -2.77. The van der Waals surface area contributed by atoms with Gasteiger partial charge in [0.1, 0.15) is 11.3 Å². The van der Waals surface area contributed by atoms with Crippen molar-refractivity contribution in [3.05, 3.63) is 64.1 Å². The standard InChI is InChI=1S/C21H21Cl2N3O4/c1-13(30-15-8-9-16(22)17(23)12-15)18(27)25-26-19(28)21(2,24-20(26)29)11-10-14-6-4-3-5-7-14/h3-9,12-13H,10-11H2,1-2H3,(H,24,29)(H,25,27). The molecular weight excluding hydrogens is 429 g/mol. The molecule has 1 aliphatic rings. The molecule has 0 bridgehead atoms. The summed E-state index contributed by atoms with van der Waals surface area (Å²) >= 11 is 11.8. The Morgan fingerprint density at radius 3 is 2.53 bits per heavy atom. The van der Waals surface area contributed by atoms with Gasteiger partial charge in [-0.1, -0.05) is 53.5 Å². The zero-order valence-corrected chi connectivity index (χ0v) is 18.0. The van der Waals surface area contributed by atoms with E-state index in [-0.39, 0.29) is 5.02 Å². The number of halogens is 2. The van der Waals surface area contributed by atoms with Crippen molar-refractivity contribution in [3.8, 4) is 5.75 Å². The van der Waals surface area contributed by atoms with Crippen LogP contribution in [0.15, 0.2) is 48.5 Å². The van der Waals surface area contributed by atoms with Crippen LogP contribution in [0.25, 0.3) is 0 Å². The number of benzene rings is 2. The van der Waals surface area contributed by atoms with Crippen molar-refractivity contribution >= 4 is 41.0 Å². The number of carbonyl (C=O) groups is 3. The third-order valence-electron chi connectivity index (χ3n) is 4.81. The summed E-state index contributed by atoms with van der Waals surface area (Å²) in [6.45, 7) is 3.13. The molecule has 3 rings (SSSR count). The number of hydrazine groups is 1. The zero-order chi connectivity index (χ0) is 21.9. The van der Waals surface area contributed by atoms with E-state index >= 15 is 0 Å². The number of amides is 4. The Kier molecular flexibility index (Phi) is 6.53. The fraction of sp³-hybridized carbons (Fsp3) is 0.286. The lowest BCUT2D eigenvalue weighted by Gasteiger charge is -2.22. The highest BCUT2D eigenvalue weighted by molar-refractivity contribution is 6.42. The second-order valence-electron chi connectivity index (χ2n) is 7.20. The van der Waals surface area contributed by atoms with Crippen molar-refractivity contribution in [3.63, 3.8) is 0 Å². The number of nitrogens with zero attached hydrogens (tertiary/aromatic N) is 1. The number of hydrogen-bond acceptors (Lipinski definition) is 4. The second-order valence-corrected chi connectivity index (χ2v) is 8.01. The van der Waals surface area contributed by atoms with Gasteiger partial charge in [-0.05, 0) is 44.4 Å². The first-order valence-electron chi connectivity index (χ1n) is 9.32. The molecule has 0 radical (unpaired) electrons. The molecular formula is C21H21Cl2N3O4. The summed E-state index contributed by atoms with van der Waals surface area (Å²) in [5, 5.41) is 3.99. The number of urea groups is 1. The third-order valence-corrected chi connectivity index (χ3v) is 5.55. The number of ether oxygens (including phenoxy) is 1. The van der Waals surface area contributed by atoms with Crippen LogP contribution >= 0.6 is 23.2 Å². The average molecular weight is 450 g/mol. The van der Waals surface area contributed by atoms with E-state index in [4.69, 9.17) is 27.9 Å². The smallest absolute Gasteiger partial charge is 0.344 e. The van der Waals surface area contributed by atoms with Crippen LogP contribution in [0.4, 0.5) is 4.79 Å². The predicted octanol–water partition coefficient (Wildman–Crippen LogP) is 3.74. The van der Waals surface area contributed by atoms with E-state index in [1.165, 1.54) is 13.0 Å². The van der Waals surface area contributed by atoms with Gasteiger partial charge in [-0.15, -0.1) is 0 Å².